The maximum atomic E-state index is 13.4. The first kappa shape index (κ1) is 14.5. The van der Waals surface area contributed by atoms with Gasteiger partial charge in [0.05, 0.1) is 28.3 Å². The van der Waals surface area contributed by atoms with E-state index in [2.05, 4.69) is 28.1 Å². The number of carbonyl (C=O) groups excluding carboxylic acids is 1. The van der Waals surface area contributed by atoms with Crippen molar-refractivity contribution in [2.75, 3.05) is 5.32 Å². The number of allylic oxidation sites excluding steroid dienone is 1. The lowest BCUT2D eigenvalue weighted by atomic mass is 9.94. The monoisotopic (exact) mass is 349 g/mol. The molecule has 0 radical (unpaired) electrons. The van der Waals surface area contributed by atoms with Gasteiger partial charge >= 0.3 is 0 Å². The summed E-state index contributed by atoms with van der Waals surface area (Å²) in [5.74, 6) is 0.860. The minimum Gasteiger partial charge on any atom is -0.325 e. The van der Waals surface area contributed by atoms with E-state index in [0.717, 1.165) is 44.9 Å². The van der Waals surface area contributed by atoms with Gasteiger partial charge in [0.15, 0.2) is 5.78 Å². The maximum Gasteiger partial charge on any atom is 0.209 e. The van der Waals surface area contributed by atoms with Crippen LogP contribution < -0.4 is 5.32 Å². The molecule has 0 unspecified atom stereocenters. The second-order valence-electron chi connectivity index (χ2n) is 6.90. The van der Waals surface area contributed by atoms with E-state index in [0.29, 0.717) is 0 Å². The number of anilines is 1. The second-order valence-corrected chi connectivity index (χ2v) is 6.90. The molecule has 1 aromatic heterocycles. The summed E-state index contributed by atoms with van der Waals surface area (Å²) >= 11 is 0. The summed E-state index contributed by atoms with van der Waals surface area (Å²) < 4.78 is 2.15. The van der Waals surface area contributed by atoms with Crippen molar-refractivity contribution < 1.29 is 4.79 Å². The first-order valence-corrected chi connectivity index (χ1v) is 9.00. The lowest BCUT2D eigenvalue weighted by Crippen LogP contribution is -2.24. The fourth-order valence-electron chi connectivity index (χ4n) is 4.28. The summed E-state index contributed by atoms with van der Waals surface area (Å²) in [7, 11) is 0. The molecule has 4 heteroatoms. The molecular weight excluding hydrogens is 334 g/mol. The zero-order valence-corrected chi connectivity index (χ0v) is 14.4. The standard InChI is InChI=1S/C23H15N3O/c27-22-16-11-5-4-10-15(16)20-19(22)21(14-8-2-1-3-9-14)26-18-13-7-6-12-17(18)24-23(26)25-20/h1-13,21H,(H,24,25)/t21-/m1/s1. The van der Waals surface area contributed by atoms with Gasteiger partial charge in [0.1, 0.15) is 0 Å². The van der Waals surface area contributed by atoms with Crippen molar-refractivity contribution in [1.29, 1.82) is 0 Å². The number of carbonyl (C=O) groups is 1. The second kappa shape index (κ2) is 5.17. The van der Waals surface area contributed by atoms with Crippen LogP contribution in [0.3, 0.4) is 0 Å². The Balaban J connectivity index is 1.69. The van der Waals surface area contributed by atoms with Crippen LogP contribution in [0.1, 0.15) is 27.5 Å². The van der Waals surface area contributed by atoms with Gasteiger partial charge in [-0.25, -0.2) is 4.98 Å². The van der Waals surface area contributed by atoms with Crippen LogP contribution in [-0.2, 0) is 0 Å². The van der Waals surface area contributed by atoms with E-state index in [1.54, 1.807) is 0 Å². The lowest BCUT2D eigenvalue weighted by molar-refractivity contribution is 0.103. The van der Waals surface area contributed by atoms with Crippen molar-refractivity contribution >= 4 is 28.5 Å². The fourth-order valence-corrected chi connectivity index (χ4v) is 4.28. The van der Waals surface area contributed by atoms with E-state index in [-0.39, 0.29) is 11.8 Å². The number of rotatable bonds is 1. The number of para-hydroxylation sites is 2. The first-order valence-electron chi connectivity index (χ1n) is 9.00. The quantitative estimate of drug-likeness (QED) is 0.544. The fraction of sp³-hybridized carbons (Fsp3) is 0.0435. The van der Waals surface area contributed by atoms with Crippen LogP contribution in [0.5, 0.6) is 0 Å². The molecular formula is C23H15N3O. The molecule has 2 heterocycles. The molecule has 1 atom stereocenters. The Morgan fingerprint density at radius 2 is 1.52 bits per heavy atom. The molecule has 0 saturated carbocycles. The molecule has 2 aliphatic rings. The minimum atomic E-state index is -0.204. The summed E-state index contributed by atoms with van der Waals surface area (Å²) in [6, 6.07) is 25.8. The Bertz CT molecular complexity index is 1270. The lowest BCUT2D eigenvalue weighted by Gasteiger charge is -2.28. The van der Waals surface area contributed by atoms with Crippen molar-refractivity contribution in [2.24, 2.45) is 0 Å². The van der Waals surface area contributed by atoms with Gasteiger partial charge < -0.3 is 5.32 Å². The van der Waals surface area contributed by atoms with Crippen molar-refractivity contribution in [3.8, 4) is 0 Å². The first-order chi connectivity index (χ1) is 13.3. The Kier molecular flexibility index (Phi) is 2.78. The summed E-state index contributed by atoms with van der Waals surface area (Å²) in [6.07, 6.45) is 0. The van der Waals surface area contributed by atoms with Gasteiger partial charge in [-0.05, 0) is 17.7 Å². The normalized spacial score (nSPS) is 17.5. The van der Waals surface area contributed by atoms with E-state index in [9.17, 15) is 4.79 Å². The van der Waals surface area contributed by atoms with E-state index >= 15 is 0 Å². The Morgan fingerprint density at radius 1 is 0.815 bits per heavy atom. The van der Waals surface area contributed by atoms with Crippen LogP contribution in [0, 0.1) is 0 Å². The highest BCUT2D eigenvalue weighted by molar-refractivity contribution is 6.23. The molecule has 4 nitrogen and oxygen atoms in total. The van der Waals surface area contributed by atoms with Gasteiger partial charge in [-0.3, -0.25) is 9.36 Å². The molecule has 0 fully saturated rings. The molecule has 27 heavy (non-hydrogen) atoms. The highest BCUT2D eigenvalue weighted by atomic mass is 16.1. The molecule has 0 bridgehead atoms. The summed E-state index contributed by atoms with van der Waals surface area (Å²) in [4.78, 5) is 18.1. The van der Waals surface area contributed by atoms with Gasteiger partial charge in [0.25, 0.3) is 0 Å². The molecule has 1 aliphatic carbocycles. The van der Waals surface area contributed by atoms with E-state index in [1.165, 1.54) is 0 Å². The van der Waals surface area contributed by atoms with Crippen molar-refractivity contribution in [2.45, 2.75) is 6.04 Å². The predicted molar refractivity (Wildman–Crippen MR) is 106 cm³/mol. The molecule has 3 aromatic carbocycles. The number of ketones is 1. The number of hydrogen-bond donors (Lipinski definition) is 1. The van der Waals surface area contributed by atoms with Crippen LogP contribution in [0.25, 0.3) is 16.7 Å². The number of nitrogens with zero attached hydrogens (tertiary/aromatic N) is 2. The molecule has 6 rings (SSSR count). The zero-order valence-electron chi connectivity index (χ0n) is 14.4. The average Bonchev–Trinajstić information content (AvgIpc) is 3.23. The number of nitrogens with one attached hydrogen (secondary N) is 1. The summed E-state index contributed by atoms with van der Waals surface area (Å²) in [5, 5.41) is 3.45. The number of fused-ring (bicyclic) bond motifs is 5. The Morgan fingerprint density at radius 3 is 2.37 bits per heavy atom. The van der Waals surface area contributed by atoms with Crippen LogP contribution >= 0.6 is 0 Å². The molecule has 128 valence electrons. The van der Waals surface area contributed by atoms with Gasteiger partial charge in [-0.2, -0.15) is 0 Å². The highest BCUT2D eigenvalue weighted by Gasteiger charge is 2.40. The summed E-state index contributed by atoms with van der Waals surface area (Å²) in [5.41, 5.74) is 6.40. The zero-order chi connectivity index (χ0) is 18.0. The van der Waals surface area contributed by atoms with Crippen LogP contribution in [0.15, 0.2) is 84.4 Å². The van der Waals surface area contributed by atoms with E-state index in [4.69, 9.17) is 4.98 Å². The molecule has 0 amide bonds. The number of aromatic nitrogens is 2. The van der Waals surface area contributed by atoms with E-state index < -0.39 is 0 Å². The largest absolute Gasteiger partial charge is 0.325 e. The van der Waals surface area contributed by atoms with Crippen LogP contribution in [0.2, 0.25) is 0 Å². The van der Waals surface area contributed by atoms with Crippen molar-refractivity contribution in [1.82, 2.24) is 9.55 Å². The van der Waals surface area contributed by atoms with Crippen molar-refractivity contribution in [3.63, 3.8) is 0 Å². The highest BCUT2D eigenvalue weighted by Crippen LogP contribution is 2.46. The average molecular weight is 349 g/mol. The minimum absolute atomic E-state index is 0.0883. The van der Waals surface area contributed by atoms with Gasteiger partial charge in [-0.1, -0.05) is 66.7 Å². The number of benzene rings is 3. The van der Waals surface area contributed by atoms with Crippen molar-refractivity contribution in [3.05, 3.63) is 101 Å². The van der Waals surface area contributed by atoms with Gasteiger partial charge in [0, 0.05) is 11.1 Å². The maximum absolute atomic E-state index is 13.4. The smallest absolute Gasteiger partial charge is 0.209 e. The Labute approximate surface area is 155 Å². The molecule has 1 aliphatic heterocycles. The molecule has 4 aromatic rings. The Hall–Kier alpha value is -3.66. The van der Waals surface area contributed by atoms with Crippen LogP contribution in [0.4, 0.5) is 5.95 Å². The predicted octanol–water partition coefficient (Wildman–Crippen LogP) is 4.66. The molecule has 1 N–H and O–H groups in total. The third-order valence-corrected chi connectivity index (χ3v) is 5.43. The topological polar surface area (TPSA) is 46.9 Å². The molecule has 0 spiro atoms. The third-order valence-electron chi connectivity index (χ3n) is 5.43. The van der Waals surface area contributed by atoms with Crippen LogP contribution in [-0.4, -0.2) is 15.3 Å². The summed E-state index contributed by atoms with van der Waals surface area (Å²) in [6.45, 7) is 0. The van der Waals surface area contributed by atoms with Gasteiger partial charge in [-0.15, -0.1) is 0 Å². The molecule has 0 saturated heterocycles. The van der Waals surface area contributed by atoms with Gasteiger partial charge in [0.2, 0.25) is 5.95 Å². The SMILES string of the molecule is O=C1C2=C(Nc3nc4ccccc4n3[C@@H]2c2ccccc2)c2ccccc21. The number of hydrogen-bond acceptors (Lipinski definition) is 3. The number of imidazole rings is 1. The third kappa shape index (κ3) is 1.87. The number of Topliss-reactive ketones (excluding diaryl/α,β-unsaturated/α-hetero) is 1. The van der Waals surface area contributed by atoms with E-state index in [1.807, 2.05) is 60.7 Å².